The van der Waals surface area contributed by atoms with Crippen molar-refractivity contribution in [2.45, 2.75) is 31.0 Å². The van der Waals surface area contributed by atoms with Crippen LogP contribution in [0.2, 0.25) is 0 Å². The van der Waals surface area contributed by atoms with Crippen molar-refractivity contribution in [1.82, 2.24) is 4.90 Å². The van der Waals surface area contributed by atoms with Crippen LogP contribution in [0.15, 0.2) is 28.7 Å². The van der Waals surface area contributed by atoms with Crippen molar-refractivity contribution in [3.05, 3.63) is 34.3 Å². The molecule has 6 heteroatoms. The smallest absolute Gasteiger partial charge is 0.240 e. The number of ketones is 1. The Morgan fingerprint density at radius 2 is 2.14 bits per heavy atom. The first-order valence-corrected chi connectivity index (χ1v) is 7.80. The molecule has 2 saturated heterocycles. The van der Waals surface area contributed by atoms with Gasteiger partial charge in [-0.1, -0.05) is 28.1 Å². The van der Waals surface area contributed by atoms with E-state index in [9.17, 15) is 9.59 Å². The zero-order valence-corrected chi connectivity index (χ0v) is 13.1. The third-order valence-corrected chi connectivity index (χ3v) is 4.61. The molecule has 21 heavy (non-hydrogen) atoms. The summed E-state index contributed by atoms with van der Waals surface area (Å²) in [6.45, 7) is 0.662. The van der Waals surface area contributed by atoms with Crippen LogP contribution in [0, 0.1) is 0 Å². The summed E-state index contributed by atoms with van der Waals surface area (Å²) in [7, 11) is 0. The summed E-state index contributed by atoms with van der Waals surface area (Å²) < 4.78 is 6.38. The lowest BCUT2D eigenvalue weighted by Crippen LogP contribution is -2.50. The molecule has 5 nitrogen and oxygen atoms in total. The van der Waals surface area contributed by atoms with E-state index in [-0.39, 0.29) is 24.4 Å². The van der Waals surface area contributed by atoms with Crippen LogP contribution in [0.5, 0.6) is 0 Å². The minimum atomic E-state index is -0.627. The number of carbonyl (C=O) groups is 2. The number of hydrogen-bond donors (Lipinski definition) is 1. The summed E-state index contributed by atoms with van der Waals surface area (Å²) in [5.74, 6) is -0.175. The Balaban J connectivity index is 1.67. The van der Waals surface area contributed by atoms with Gasteiger partial charge in [-0.05, 0) is 30.5 Å². The van der Waals surface area contributed by atoms with Crippen molar-refractivity contribution in [1.29, 1.82) is 0 Å². The molecule has 0 aromatic heterocycles. The molecule has 0 saturated carbocycles. The van der Waals surface area contributed by atoms with E-state index in [2.05, 4.69) is 15.9 Å². The van der Waals surface area contributed by atoms with E-state index in [1.54, 1.807) is 4.90 Å². The van der Waals surface area contributed by atoms with Gasteiger partial charge in [-0.3, -0.25) is 9.59 Å². The monoisotopic (exact) mass is 352 g/mol. The average molecular weight is 353 g/mol. The van der Waals surface area contributed by atoms with Gasteiger partial charge in [-0.2, -0.15) is 0 Å². The predicted molar refractivity (Wildman–Crippen MR) is 80.7 cm³/mol. The van der Waals surface area contributed by atoms with Gasteiger partial charge in [0.25, 0.3) is 0 Å². The molecule has 2 aliphatic heterocycles. The summed E-state index contributed by atoms with van der Waals surface area (Å²) in [6.07, 6.45) is 1.05. The zero-order valence-electron chi connectivity index (χ0n) is 11.5. The molecule has 3 unspecified atom stereocenters. The second-order valence-electron chi connectivity index (χ2n) is 5.52. The SMILES string of the molecule is NC(Cc1ccc(Br)cc1)C(=O)N1CCC2OCC(=O)C21. The summed E-state index contributed by atoms with van der Waals surface area (Å²) in [5, 5.41) is 0. The van der Waals surface area contributed by atoms with Crippen LogP contribution in [0.4, 0.5) is 0 Å². The molecule has 2 N–H and O–H groups in total. The first kappa shape index (κ1) is 14.7. The van der Waals surface area contributed by atoms with Crippen LogP contribution in [0.1, 0.15) is 12.0 Å². The van der Waals surface area contributed by atoms with Crippen LogP contribution in [0.25, 0.3) is 0 Å². The highest BCUT2D eigenvalue weighted by atomic mass is 79.9. The molecular formula is C15H17BrN2O3. The van der Waals surface area contributed by atoms with E-state index >= 15 is 0 Å². The molecule has 2 fully saturated rings. The van der Waals surface area contributed by atoms with Crippen molar-refractivity contribution in [3.63, 3.8) is 0 Å². The summed E-state index contributed by atoms with van der Waals surface area (Å²) >= 11 is 3.37. The summed E-state index contributed by atoms with van der Waals surface area (Å²) in [4.78, 5) is 25.9. The number of nitrogens with zero attached hydrogens (tertiary/aromatic N) is 1. The zero-order chi connectivity index (χ0) is 15.0. The van der Waals surface area contributed by atoms with Crippen molar-refractivity contribution in [2.75, 3.05) is 13.2 Å². The van der Waals surface area contributed by atoms with Gasteiger partial charge in [-0.25, -0.2) is 0 Å². The number of benzene rings is 1. The number of halogens is 1. The van der Waals surface area contributed by atoms with Gasteiger partial charge in [0.1, 0.15) is 12.6 Å². The van der Waals surface area contributed by atoms with Gasteiger partial charge >= 0.3 is 0 Å². The van der Waals surface area contributed by atoms with E-state index in [1.165, 1.54) is 0 Å². The fourth-order valence-electron chi connectivity index (χ4n) is 3.02. The Bertz CT molecular complexity index is 561. The normalized spacial score (nSPS) is 26.0. The van der Waals surface area contributed by atoms with Gasteiger partial charge < -0.3 is 15.4 Å². The van der Waals surface area contributed by atoms with Crippen LogP contribution in [0.3, 0.4) is 0 Å². The summed E-state index contributed by atoms with van der Waals surface area (Å²) in [6, 6.07) is 6.67. The highest BCUT2D eigenvalue weighted by molar-refractivity contribution is 9.10. The number of hydrogen-bond acceptors (Lipinski definition) is 4. The third-order valence-electron chi connectivity index (χ3n) is 4.08. The Morgan fingerprint density at radius 1 is 1.43 bits per heavy atom. The molecule has 3 atom stereocenters. The number of likely N-dealkylation sites (tertiary alicyclic amines) is 1. The number of fused-ring (bicyclic) bond motifs is 1. The molecule has 0 radical (unpaired) electrons. The van der Waals surface area contributed by atoms with E-state index in [1.807, 2.05) is 24.3 Å². The third kappa shape index (κ3) is 2.88. The van der Waals surface area contributed by atoms with Crippen molar-refractivity contribution in [3.8, 4) is 0 Å². The largest absolute Gasteiger partial charge is 0.368 e. The standard InChI is InChI=1S/C15H17BrN2O3/c16-10-3-1-9(2-4-10)7-11(17)15(20)18-6-5-13-14(18)12(19)8-21-13/h1-4,11,13-14H,5-8,17H2. The quantitative estimate of drug-likeness (QED) is 0.876. The Labute approximate surface area is 131 Å². The first-order chi connectivity index (χ1) is 10.1. The number of Topliss-reactive ketones (excluding diaryl/α,β-unsaturated/α-hetero) is 1. The van der Waals surface area contributed by atoms with Crippen molar-refractivity contribution in [2.24, 2.45) is 5.73 Å². The number of rotatable bonds is 3. The van der Waals surface area contributed by atoms with Gasteiger partial charge in [0, 0.05) is 11.0 Å². The molecule has 3 rings (SSSR count). The Kier molecular flexibility index (Phi) is 4.10. The van der Waals surface area contributed by atoms with Crippen LogP contribution in [-0.4, -0.2) is 47.9 Å². The maximum Gasteiger partial charge on any atom is 0.240 e. The maximum atomic E-state index is 12.5. The molecule has 1 aromatic rings. The van der Waals surface area contributed by atoms with Gasteiger partial charge in [-0.15, -0.1) is 0 Å². The van der Waals surface area contributed by atoms with Gasteiger partial charge in [0.05, 0.1) is 12.1 Å². The average Bonchev–Trinajstić information content (AvgIpc) is 3.04. The maximum absolute atomic E-state index is 12.5. The minimum Gasteiger partial charge on any atom is -0.368 e. The van der Waals surface area contributed by atoms with E-state index in [4.69, 9.17) is 10.5 Å². The summed E-state index contributed by atoms with van der Waals surface area (Å²) in [5.41, 5.74) is 7.04. The lowest BCUT2D eigenvalue weighted by molar-refractivity contribution is -0.137. The van der Waals surface area contributed by atoms with Gasteiger partial charge in [0.2, 0.25) is 5.91 Å². The second-order valence-corrected chi connectivity index (χ2v) is 6.43. The molecule has 2 heterocycles. The number of nitrogens with two attached hydrogens (primary N) is 1. The second kappa shape index (κ2) is 5.87. The Hall–Kier alpha value is -1.24. The van der Waals surface area contributed by atoms with Crippen LogP contribution < -0.4 is 5.73 Å². The molecular weight excluding hydrogens is 336 g/mol. The highest BCUT2D eigenvalue weighted by Crippen LogP contribution is 2.27. The first-order valence-electron chi connectivity index (χ1n) is 7.01. The fraction of sp³-hybridized carbons (Fsp3) is 0.467. The van der Waals surface area contributed by atoms with E-state index in [0.29, 0.717) is 19.4 Å². The fourth-order valence-corrected chi connectivity index (χ4v) is 3.28. The lowest BCUT2D eigenvalue weighted by Gasteiger charge is -2.25. The molecule has 0 spiro atoms. The van der Waals surface area contributed by atoms with Gasteiger partial charge in [0.15, 0.2) is 5.78 Å². The topological polar surface area (TPSA) is 72.6 Å². The van der Waals surface area contributed by atoms with Crippen LogP contribution in [-0.2, 0) is 20.7 Å². The molecule has 0 bridgehead atoms. The Morgan fingerprint density at radius 3 is 2.86 bits per heavy atom. The molecule has 1 aromatic carbocycles. The van der Waals surface area contributed by atoms with E-state index < -0.39 is 12.1 Å². The number of amides is 1. The molecule has 1 amide bonds. The molecule has 0 aliphatic carbocycles. The van der Waals surface area contributed by atoms with Crippen molar-refractivity contribution < 1.29 is 14.3 Å². The molecule has 2 aliphatic rings. The molecule has 112 valence electrons. The lowest BCUT2D eigenvalue weighted by atomic mass is 10.0. The van der Waals surface area contributed by atoms with E-state index in [0.717, 1.165) is 10.0 Å². The van der Waals surface area contributed by atoms with Crippen molar-refractivity contribution >= 4 is 27.6 Å². The number of carbonyl (C=O) groups excluding carboxylic acids is 2. The van der Waals surface area contributed by atoms with Crippen LogP contribution >= 0.6 is 15.9 Å². The minimum absolute atomic E-state index is 0.0123. The predicted octanol–water partition coefficient (Wildman–Crippen LogP) is 0.888. The highest BCUT2D eigenvalue weighted by Gasteiger charge is 2.47. The number of ether oxygens (including phenoxy) is 1.